The molecule has 1 aliphatic carbocycles. The van der Waals surface area contributed by atoms with Crippen LogP contribution < -0.4 is 26.6 Å². The van der Waals surface area contributed by atoms with Gasteiger partial charge in [-0.1, -0.05) is 80.1 Å². The number of fused-ring (bicyclic) bond motifs is 1. The minimum absolute atomic E-state index is 0.0219. The zero-order valence-corrected chi connectivity index (χ0v) is 38.2. The molecule has 0 unspecified atom stereocenters. The maximum Gasteiger partial charge on any atom is 0.303 e. The summed E-state index contributed by atoms with van der Waals surface area (Å²) in [5.74, 6) is -5.07. The van der Waals surface area contributed by atoms with Crippen molar-refractivity contribution in [1.29, 1.82) is 0 Å². The Balaban J connectivity index is 1.36. The van der Waals surface area contributed by atoms with Gasteiger partial charge in [0.2, 0.25) is 35.4 Å². The van der Waals surface area contributed by atoms with Gasteiger partial charge >= 0.3 is 5.97 Å². The third-order valence-corrected chi connectivity index (χ3v) is 12.1. The van der Waals surface area contributed by atoms with E-state index in [1.807, 2.05) is 49.4 Å². The fraction of sp³-hybridized carbons (Fsp3) is 0.511. The van der Waals surface area contributed by atoms with E-state index in [-0.39, 0.29) is 63.3 Å². The van der Waals surface area contributed by atoms with Crippen molar-refractivity contribution in [1.82, 2.24) is 31.5 Å². The molecule has 18 heteroatoms. The van der Waals surface area contributed by atoms with Gasteiger partial charge < -0.3 is 36.6 Å². The highest BCUT2D eigenvalue weighted by Gasteiger charge is 2.40. The number of benzene rings is 3. The van der Waals surface area contributed by atoms with Crippen molar-refractivity contribution in [3.8, 4) is 0 Å². The van der Waals surface area contributed by atoms with Gasteiger partial charge in [-0.3, -0.25) is 38.1 Å². The molecule has 1 aliphatic heterocycles. The molecule has 1 heterocycles. The number of hydrogen-bond donors (Lipinski definition) is 7. The molecule has 2 fully saturated rings. The standard InChI is InChI=1S/C47H62N6O11S/c1-5-11-36(49-42(57)37(50-41(56)32-23-24-32)26-29-19-21-30(22-20-29)28-65(62,63)64)46(61)53-25-10-17-39(53)45(60)51-38(27-33-14-8-13-31-12-6-7-15-34(31)33)43(58)48-35(16-9-18-40(54)55)44(59)52-47(2,3)4/h6-8,12-15,19-22,32,35-39H,5,9-11,16-18,23-28H2,1-4H3,(H,48,58)(H,49,57)(H,50,56)(H,51,60)(H,52,59)(H,54,55)(H,62,63,64)/t35-,36-,37-,38-,39-/m0/s1. The lowest BCUT2D eigenvalue weighted by molar-refractivity contribution is -0.142. The van der Waals surface area contributed by atoms with Crippen molar-refractivity contribution in [2.45, 2.75) is 140 Å². The molecule has 17 nitrogen and oxygen atoms in total. The van der Waals surface area contributed by atoms with E-state index in [1.54, 1.807) is 32.9 Å². The second kappa shape index (κ2) is 22.3. The van der Waals surface area contributed by atoms with Gasteiger partial charge in [0, 0.05) is 37.3 Å². The molecule has 2 aliphatic rings. The Morgan fingerprint density at radius 2 is 1.34 bits per heavy atom. The monoisotopic (exact) mass is 918 g/mol. The summed E-state index contributed by atoms with van der Waals surface area (Å²) in [5, 5.41) is 25.2. The fourth-order valence-electron chi connectivity index (χ4n) is 8.01. The molecule has 3 aromatic rings. The lowest BCUT2D eigenvalue weighted by atomic mass is 9.97. The zero-order chi connectivity index (χ0) is 47.5. The average molecular weight is 919 g/mol. The first kappa shape index (κ1) is 50.1. The molecule has 0 spiro atoms. The number of hydrogen-bond acceptors (Lipinski definition) is 9. The van der Waals surface area contributed by atoms with Crippen molar-refractivity contribution < 1.29 is 51.6 Å². The van der Waals surface area contributed by atoms with Crippen LogP contribution in [-0.2, 0) is 62.3 Å². The van der Waals surface area contributed by atoms with Crippen LogP contribution in [0.4, 0.5) is 0 Å². The van der Waals surface area contributed by atoms with Crippen LogP contribution in [0.25, 0.3) is 10.8 Å². The smallest absolute Gasteiger partial charge is 0.303 e. The number of nitrogens with one attached hydrogen (secondary N) is 5. The Kier molecular flexibility index (Phi) is 17.2. The lowest BCUT2D eigenvalue weighted by Gasteiger charge is -2.31. The van der Waals surface area contributed by atoms with Gasteiger partial charge in [0.05, 0.1) is 0 Å². The Morgan fingerprint density at radius 3 is 1.97 bits per heavy atom. The Hall–Kier alpha value is -5.88. The van der Waals surface area contributed by atoms with Gasteiger partial charge in [-0.25, -0.2) is 0 Å². The molecular formula is C47H62N6O11S. The predicted octanol–water partition coefficient (Wildman–Crippen LogP) is 3.32. The van der Waals surface area contributed by atoms with Crippen LogP contribution in [-0.4, -0.2) is 107 Å². The van der Waals surface area contributed by atoms with E-state index in [0.717, 1.165) is 16.3 Å². The second-order valence-electron chi connectivity index (χ2n) is 18.1. The van der Waals surface area contributed by atoms with E-state index in [2.05, 4.69) is 26.6 Å². The van der Waals surface area contributed by atoms with E-state index in [9.17, 15) is 51.6 Å². The quantitative estimate of drug-likeness (QED) is 0.0720. The van der Waals surface area contributed by atoms with Crippen LogP contribution in [0.1, 0.15) is 102 Å². The van der Waals surface area contributed by atoms with Crippen LogP contribution in [0.15, 0.2) is 66.7 Å². The summed E-state index contributed by atoms with van der Waals surface area (Å²) in [5.41, 5.74) is 1.01. The van der Waals surface area contributed by atoms with E-state index in [0.29, 0.717) is 36.8 Å². The third-order valence-electron chi connectivity index (χ3n) is 11.4. The first-order valence-corrected chi connectivity index (χ1v) is 23.9. The molecule has 0 aromatic heterocycles. The highest BCUT2D eigenvalue weighted by Crippen LogP contribution is 2.29. The lowest BCUT2D eigenvalue weighted by Crippen LogP contribution is -2.59. The molecule has 7 N–H and O–H groups in total. The number of likely N-dealkylation sites (tertiary alicyclic amines) is 1. The number of aliphatic carboxylic acids is 1. The molecule has 0 bridgehead atoms. The fourth-order valence-corrected chi connectivity index (χ4v) is 8.62. The molecule has 5 atom stereocenters. The van der Waals surface area contributed by atoms with Gasteiger partial charge in [-0.15, -0.1) is 0 Å². The summed E-state index contributed by atoms with van der Waals surface area (Å²) < 4.78 is 32.0. The Bertz CT molecular complexity index is 2320. The van der Waals surface area contributed by atoms with Crippen LogP contribution in [0.2, 0.25) is 0 Å². The molecule has 0 radical (unpaired) electrons. The van der Waals surface area contributed by atoms with Gasteiger partial charge in [0.25, 0.3) is 10.1 Å². The minimum Gasteiger partial charge on any atom is -0.481 e. The first-order valence-electron chi connectivity index (χ1n) is 22.3. The van der Waals surface area contributed by atoms with E-state index < -0.39 is 87.1 Å². The molecule has 6 amide bonds. The summed E-state index contributed by atoms with van der Waals surface area (Å²) in [4.78, 5) is 96.3. The first-order chi connectivity index (χ1) is 30.7. The maximum atomic E-state index is 14.4. The van der Waals surface area contributed by atoms with Crippen LogP contribution >= 0.6 is 0 Å². The second-order valence-corrected chi connectivity index (χ2v) is 19.6. The van der Waals surface area contributed by atoms with E-state index in [4.69, 9.17) is 0 Å². The van der Waals surface area contributed by atoms with Gasteiger partial charge in [-0.2, -0.15) is 8.42 Å². The number of nitrogens with zero attached hydrogens (tertiary/aromatic N) is 1. The van der Waals surface area contributed by atoms with Crippen LogP contribution in [0.3, 0.4) is 0 Å². The molecule has 3 aromatic carbocycles. The molecular weight excluding hydrogens is 857 g/mol. The van der Waals surface area contributed by atoms with Gasteiger partial charge in [-0.05, 0) is 93.2 Å². The minimum atomic E-state index is -4.27. The molecule has 1 saturated heterocycles. The number of carbonyl (C=O) groups is 7. The van der Waals surface area contributed by atoms with Crippen molar-refractivity contribution in [3.05, 3.63) is 83.4 Å². The van der Waals surface area contributed by atoms with E-state index in [1.165, 1.54) is 17.0 Å². The molecule has 1 saturated carbocycles. The number of rotatable bonds is 22. The van der Waals surface area contributed by atoms with Crippen LogP contribution in [0, 0.1) is 5.92 Å². The van der Waals surface area contributed by atoms with Gasteiger partial charge in [0.15, 0.2) is 0 Å². The number of carboxylic acid groups (broad SMARTS) is 1. The van der Waals surface area contributed by atoms with E-state index >= 15 is 0 Å². The summed E-state index contributed by atoms with van der Waals surface area (Å²) in [7, 11) is -4.27. The van der Waals surface area contributed by atoms with Crippen molar-refractivity contribution in [2.75, 3.05) is 6.54 Å². The summed E-state index contributed by atoms with van der Waals surface area (Å²) >= 11 is 0. The zero-order valence-electron chi connectivity index (χ0n) is 37.4. The highest BCUT2D eigenvalue weighted by atomic mass is 32.2. The SMILES string of the molecule is CCC[C@H](NC(=O)[C@H](Cc1ccc(CS(=O)(=O)O)cc1)NC(=O)C1CC1)C(=O)N1CCC[C@H]1C(=O)N[C@@H](Cc1cccc2ccccc12)C(=O)N[C@@H](CCCC(=O)O)C(=O)NC(C)(C)C. The predicted molar refractivity (Wildman–Crippen MR) is 243 cm³/mol. The average Bonchev–Trinajstić information content (AvgIpc) is 3.97. The number of carbonyl (C=O) groups excluding carboxylic acids is 6. The van der Waals surface area contributed by atoms with Gasteiger partial charge in [0.1, 0.15) is 36.0 Å². The number of carboxylic acids is 1. The topological polar surface area (TPSA) is 257 Å². The number of amides is 6. The summed E-state index contributed by atoms with van der Waals surface area (Å²) in [6, 6.07) is 13.9. The highest BCUT2D eigenvalue weighted by molar-refractivity contribution is 7.85. The Labute approximate surface area is 380 Å². The third kappa shape index (κ3) is 15.4. The normalized spacial score (nSPS) is 17.0. The molecule has 65 heavy (non-hydrogen) atoms. The van der Waals surface area contributed by atoms with Crippen molar-refractivity contribution >= 4 is 62.3 Å². The molecule has 5 rings (SSSR count). The van der Waals surface area contributed by atoms with Crippen molar-refractivity contribution in [2.24, 2.45) is 5.92 Å². The van der Waals surface area contributed by atoms with Crippen molar-refractivity contribution in [3.63, 3.8) is 0 Å². The molecule has 352 valence electrons. The summed E-state index contributed by atoms with van der Waals surface area (Å²) in [6.07, 6.45) is 2.76. The van der Waals surface area contributed by atoms with Crippen LogP contribution in [0.5, 0.6) is 0 Å². The Morgan fingerprint density at radius 1 is 0.723 bits per heavy atom. The maximum absolute atomic E-state index is 14.4. The largest absolute Gasteiger partial charge is 0.481 e. The summed E-state index contributed by atoms with van der Waals surface area (Å²) in [6.45, 7) is 7.38.